The van der Waals surface area contributed by atoms with Gasteiger partial charge in [-0.1, -0.05) is 12.1 Å². The quantitative estimate of drug-likeness (QED) is 0.674. The Balaban J connectivity index is 1.17. The van der Waals surface area contributed by atoms with Gasteiger partial charge in [0.05, 0.1) is 12.7 Å². The van der Waals surface area contributed by atoms with Crippen LogP contribution in [0.15, 0.2) is 47.1 Å². The Morgan fingerprint density at radius 1 is 1.00 bits per heavy atom. The van der Waals surface area contributed by atoms with Gasteiger partial charge in [-0.3, -0.25) is 9.59 Å². The number of piperazine rings is 1. The van der Waals surface area contributed by atoms with E-state index >= 15 is 0 Å². The number of benzene rings is 2. The molecule has 2 aromatic carbocycles. The zero-order chi connectivity index (χ0) is 22.1. The molecule has 6 heteroatoms. The van der Waals surface area contributed by atoms with Gasteiger partial charge in [0.2, 0.25) is 5.91 Å². The summed E-state index contributed by atoms with van der Waals surface area (Å²) in [6, 6.07) is 11.9. The number of rotatable bonds is 5. The minimum Gasteiger partial charge on any atom is -0.464 e. The van der Waals surface area contributed by atoms with Crippen LogP contribution in [0.3, 0.4) is 0 Å². The van der Waals surface area contributed by atoms with Crippen LogP contribution in [0, 0.1) is 0 Å². The largest absolute Gasteiger partial charge is 0.464 e. The molecule has 3 aromatic rings. The topological polar surface area (TPSA) is 65.8 Å². The van der Waals surface area contributed by atoms with Gasteiger partial charge in [0.1, 0.15) is 5.58 Å². The second-order valence-electron chi connectivity index (χ2n) is 8.98. The van der Waals surface area contributed by atoms with E-state index in [1.165, 1.54) is 17.5 Å². The standard InChI is InChI=1S/C26H29N3O3/c1-28-9-11-29(12-10-28)26(31)19-7-5-18(6-8-19)16-27-25(30)15-22-17-32-24-14-21-4-2-3-20(21)13-23(22)24/h5-8,13-14,17H,2-4,9-12,15-16H2,1H3,(H,27,30). The molecule has 0 radical (unpaired) electrons. The molecule has 32 heavy (non-hydrogen) atoms. The number of carbonyl (C=O) groups is 2. The first kappa shape index (κ1) is 20.8. The van der Waals surface area contributed by atoms with E-state index in [2.05, 4.69) is 29.4 Å². The molecule has 1 saturated heterocycles. The predicted molar refractivity (Wildman–Crippen MR) is 124 cm³/mol. The predicted octanol–water partition coefficient (Wildman–Crippen LogP) is 3.17. The van der Waals surface area contributed by atoms with Crippen molar-refractivity contribution in [3.63, 3.8) is 0 Å². The Kier molecular flexibility index (Phi) is 5.70. The van der Waals surface area contributed by atoms with Crippen molar-refractivity contribution in [3.05, 3.63) is 70.5 Å². The summed E-state index contributed by atoms with van der Waals surface area (Å²) in [5.74, 6) is 0.0396. The highest BCUT2D eigenvalue weighted by atomic mass is 16.3. The summed E-state index contributed by atoms with van der Waals surface area (Å²) in [7, 11) is 2.08. The lowest BCUT2D eigenvalue weighted by atomic mass is 10.0. The molecule has 0 saturated carbocycles. The van der Waals surface area contributed by atoms with E-state index in [0.717, 1.165) is 61.1 Å². The van der Waals surface area contributed by atoms with Crippen molar-refractivity contribution in [1.29, 1.82) is 0 Å². The fourth-order valence-corrected chi connectivity index (χ4v) is 4.68. The van der Waals surface area contributed by atoms with Crippen LogP contribution < -0.4 is 5.32 Å². The number of nitrogens with one attached hydrogen (secondary N) is 1. The Hall–Kier alpha value is -3.12. The molecule has 1 aromatic heterocycles. The third-order valence-corrected chi connectivity index (χ3v) is 6.70. The zero-order valence-corrected chi connectivity index (χ0v) is 18.5. The van der Waals surface area contributed by atoms with Gasteiger partial charge in [-0.05, 0) is 67.3 Å². The SMILES string of the molecule is CN1CCN(C(=O)c2ccc(CNC(=O)Cc3coc4cc5c(cc34)CCC5)cc2)CC1. The lowest BCUT2D eigenvalue weighted by Crippen LogP contribution is -2.47. The summed E-state index contributed by atoms with van der Waals surface area (Å²) < 4.78 is 5.71. The maximum atomic E-state index is 12.7. The van der Waals surface area contributed by atoms with Crippen LogP contribution in [0.1, 0.15) is 39.0 Å². The molecule has 0 bridgehead atoms. The van der Waals surface area contributed by atoms with Gasteiger partial charge >= 0.3 is 0 Å². The van der Waals surface area contributed by atoms with Crippen LogP contribution in [-0.2, 0) is 30.6 Å². The van der Waals surface area contributed by atoms with Gasteiger partial charge in [-0.2, -0.15) is 0 Å². The van der Waals surface area contributed by atoms with Crippen molar-refractivity contribution in [3.8, 4) is 0 Å². The summed E-state index contributed by atoms with van der Waals surface area (Å²) in [5.41, 5.74) is 6.23. The van der Waals surface area contributed by atoms with E-state index in [9.17, 15) is 9.59 Å². The van der Waals surface area contributed by atoms with Crippen LogP contribution in [0.4, 0.5) is 0 Å². The van der Waals surface area contributed by atoms with Crippen molar-refractivity contribution in [1.82, 2.24) is 15.1 Å². The molecule has 0 atom stereocenters. The highest BCUT2D eigenvalue weighted by Gasteiger charge is 2.20. The molecule has 1 aliphatic heterocycles. The lowest BCUT2D eigenvalue weighted by Gasteiger charge is -2.32. The van der Waals surface area contributed by atoms with Crippen molar-refractivity contribution in [2.45, 2.75) is 32.2 Å². The number of furan rings is 1. The molecule has 2 aliphatic rings. The minimum absolute atomic E-state index is 0.0363. The second kappa shape index (κ2) is 8.79. The number of hydrogen-bond donors (Lipinski definition) is 1. The van der Waals surface area contributed by atoms with Crippen LogP contribution >= 0.6 is 0 Å². The van der Waals surface area contributed by atoms with Crippen molar-refractivity contribution in [2.75, 3.05) is 33.2 Å². The first-order valence-electron chi connectivity index (χ1n) is 11.4. The maximum Gasteiger partial charge on any atom is 0.253 e. The second-order valence-corrected chi connectivity index (χ2v) is 8.98. The third-order valence-electron chi connectivity index (χ3n) is 6.70. The number of amides is 2. The summed E-state index contributed by atoms with van der Waals surface area (Å²) in [4.78, 5) is 29.4. The van der Waals surface area contributed by atoms with Crippen LogP contribution in [0.25, 0.3) is 11.0 Å². The molecule has 6 nitrogen and oxygen atoms in total. The number of aryl methyl sites for hydroxylation is 2. The van der Waals surface area contributed by atoms with Crippen molar-refractivity contribution in [2.24, 2.45) is 0 Å². The van der Waals surface area contributed by atoms with Gasteiger partial charge in [0, 0.05) is 49.2 Å². The highest BCUT2D eigenvalue weighted by molar-refractivity contribution is 5.94. The van der Waals surface area contributed by atoms with Crippen LogP contribution in [-0.4, -0.2) is 54.8 Å². The van der Waals surface area contributed by atoms with E-state index in [4.69, 9.17) is 4.42 Å². The normalized spacial score (nSPS) is 16.3. The molecule has 0 unspecified atom stereocenters. The van der Waals surface area contributed by atoms with Gasteiger partial charge in [-0.25, -0.2) is 0 Å². The number of carbonyl (C=O) groups excluding carboxylic acids is 2. The Labute approximate surface area is 188 Å². The smallest absolute Gasteiger partial charge is 0.253 e. The fraction of sp³-hybridized carbons (Fsp3) is 0.385. The number of likely N-dealkylation sites (N-methyl/N-ethyl adjacent to an activating group) is 1. The Morgan fingerprint density at radius 2 is 1.72 bits per heavy atom. The summed E-state index contributed by atoms with van der Waals surface area (Å²) in [5, 5.41) is 4.04. The maximum absolute atomic E-state index is 12.7. The van der Waals surface area contributed by atoms with E-state index in [0.29, 0.717) is 18.5 Å². The van der Waals surface area contributed by atoms with E-state index in [1.54, 1.807) is 6.26 Å². The fourth-order valence-electron chi connectivity index (χ4n) is 4.68. The molecule has 0 spiro atoms. The van der Waals surface area contributed by atoms with Crippen LogP contribution in [0.5, 0.6) is 0 Å². The first-order chi connectivity index (χ1) is 15.6. The van der Waals surface area contributed by atoms with Crippen molar-refractivity contribution >= 4 is 22.8 Å². The molecule has 5 rings (SSSR count). The zero-order valence-electron chi connectivity index (χ0n) is 18.5. The minimum atomic E-state index is -0.0363. The van der Waals surface area contributed by atoms with E-state index < -0.39 is 0 Å². The third kappa shape index (κ3) is 4.28. The van der Waals surface area contributed by atoms with Gasteiger partial charge in [0.15, 0.2) is 0 Å². The molecule has 1 aliphatic carbocycles. The first-order valence-corrected chi connectivity index (χ1v) is 11.4. The summed E-state index contributed by atoms with van der Waals surface area (Å²) >= 11 is 0. The Morgan fingerprint density at radius 3 is 2.47 bits per heavy atom. The Bertz CT molecular complexity index is 1140. The molecule has 2 heterocycles. The van der Waals surface area contributed by atoms with E-state index in [-0.39, 0.29) is 11.8 Å². The van der Waals surface area contributed by atoms with Gasteiger partial charge in [0.25, 0.3) is 5.91 Å². The molecular formula is C26H29N3O3. The number of nitrogens with zero attached hydrogens (tertiary/aromatic N) is 2. The average molecular weight is 432 g/mol. The molecule has 166 valence electrons. The average Bonchev–Trinajstić information content (AvgIpc) is 3.43. The van der Waals surface area contributed by atoms with Gasteiger partial charge in [-0.15, -0.1) is 0 Å². The monoisotopic (exact) mass is 431 g/mol. The van der Waals surface area contributed by atoms with Crippen molar-refractivity contribution < 1.29 is 14.0 Å². The molecule has 2 amide bonds. The van der Waals surface area contributed by atoms with E-state index in [1.807, 2.05) is 29.2 Å². The summed E-state index contributed by atoms with van der Waals surface area (Å²) in [6.07, 6.45) is 5.42. The molecular weight excluding hydrogens is 402 g/mol. The number of fused-ring (bicyclic) bond motifs is 2. The lowest BCUT2D eigenvalue weighted by molar-refractivity contribution is -0.120. The van der Waals surface area contributed by atoms with Crippen LogP contribution in [0.2, 0.25) is 0 Å². The molecule has 1 fully saturated rings. The summed E-state index contributed by atoms with van der Waals surface area (Å²) in [6.45, 7) is 3.78. The highest BCUT2D eigenvalue weighted by Crippen LogP contribution is 2.30. The molecule has 1 N–H and O–H groups in total. The number of hydrogen-bond acceptors (Lipinski definition) is 4. The van der Waals surface area contributed by atoms with Gasteiger partial charge < -0.3 is 19.5 Å².